The zero-order valence-corrected chi connectivity index (χ0v) is 15.6. The molecule has 0 saturated carbocycles. The van der Waals surface area contributed by atoms with Gasteiger partial charge in [-0.15, -0.1) is 11.3 Å². The fourth-order valence-corrected chi connectivity index (χ4v) is 4.10. The summed E-state index contributed by atoms with van der Waals surface area (Å²) in [5.41, 5.74) is 1.14. The molecule has 0 aliphatic carbocycles. The second-order valence-electron chi connectivity index (χ2n) is 5.30. The van der Waals surface area contributed by atoms with E-state index < -0.39 is 5.97 Å². The highest BCUT2D eigenvalue weighted by Crippen LogP contribution is 2.24. The Labute approximate surface area is 156 Å². The van der Waals surface area contributed by atoms with Crippen molar-refractivity contribution in [3.63, 3.8) is 0 Å². The number of benzene rings is 1. The summed E-state index contributed by atoms with van der Waals surface area (Å²) >= 11 is 8.92. The average Bonchev–Trinajstić information content (AvgIpc) is 2.97. The first-order chi connectivity index (χ1) is 11.9. The molecule has 1 aromatic carbocycles. The summed E-state index contributed by atoms with van der Waals surface area (Å²) in [6.07, 6.45) is -0.149. The van der Waals surface area contributed by atoms with Crippen LogP contribution in [0.5, 0.6) is 0 Å². The van der Waals surface area contributed by atoms with Crippen LogP contribution < -0.4 is 5.56 Å². The number of aryl methyl sites for hydroxylation is 1. The molecule has 0 amide bonds. The van der Waals surface area contributed by atoms with Gasteiger partial charge in [0.1, 0.15) is 0 Å². The Hall–Kier alpha value is -1.90. The van der Waals surface area contributed by atoms with Gasteiger partial charge in [0.15, 0.2) is 5.16 Å². The summed E-state index contributed by atoms with van der Waals surface area (Å²) < 4.78 is 1.41. The van der Waals surface area contributed by atoms with Gasteiger partial charge in [0.25, 0.3) is 5.56 Å². The molecule has 0 atom stereocenters. The van der Waals surface area contributed by atoms with Crippen LogP contribution in [0.1, 0.15) is 17.1 Å². The average molecular weight is 396 g/mol. The lowest BCUT2D eigenvalue weighted by atomic mass is 10.2. The van der Waals surface area contributed by atoms with E-state index in [-0.39, 0.29) is 18.5 Å². The molecule has 25 heavy (non-hydrogen) atoms. The Bertz CT molecular complexity index is 1000. The van der Waals surface area contributed by atoms with E-state index in [9.17, 15) is 9.59 Å². The van der Waals surface area contributed by atoms with Crippen molar-refractivity contribution < 1.29 is 9.90 Å². The van der Waals surface area contributed by atoms with Crippen LogP contribution in [0.15, 0.2) is 33.5 Å². The van der Waals surface area contributed by atoms with Gasteiger partial charge >= 0.3 is 5.97 Å². The minimum absolute atomic E-state index is 0.0676. The normalized spacial score (nSPS) is 11.1. The summed E-state index contributed by atoms with van der Waals surface area (Å²) in [5, 5.41) is 13.3. The minimum Gasteiger partial charge on any atom is -0.481 e. The van der Waals surface area contributed by atoms with Gasteiger partial charge in [0.2, 0.25) is 0 Å². The highest BCUT2D eigenvalue weighted by Gasteiger charge is 2.14. The van der Waals surface area contributed by atoms with E-state index in [0.717, 1.165) is 10.7 Å². The number of rotatable bonds is 6. The SMILES string of the molecule is Cc1nc(CSc2nc3cc(Cl)ccc3c(=O)n2CCC(=O)O)cs1. The van der Waals surface area contributed by atoms with Crippen LogP contribution in [-0.4, -0.2) is 25.6 Å². The molecule has 9 heteroatoms. The smallest absolute Gasteiger partial charge is 0.305 e. The fourth-order valence-electron chi connectivity index (χ4n) is 2.30. The number of carbonyl (C=O) groups is 1. The quantitative estimate of drug-likeness (QED) is 0.507. The Morgan fingerprint density at radius 3 is 2.88 bits per heavy atom. The standard InChI is InChI=1S/C16H14ClN3O3S2/c1-9-18-11(7-24-9)8-25-16-19-13-6-10(17)2-3-12(13)15(23)20(16)5-4-14(21)22/h2-3,6-7H,4-5,8H2,1H3,(H,21,22). The van der Waals surface area contributed by atoms with Gasteiger partial charge in [-0.05, 0) is 25.1 Å². The van der Waals surface area contributed by atoms with Crippen molar-refractivity contribution >= 4 is 51.6 Å². The first kappa shape index (κ1) is 17.9. The van der Waals surface area contributed by atoms with Crippen molar-refractivity contribution in [3.05, 3.63) is 49.7 Å². The summed E-state index contributed by atoms with van der Waals surface area (Å²) in [4.78, 5) is 32.6. The molecule has 0 aliphatic heterocycles. The van der Waals surface area contributed by atoms with Crippen molar-refractivity contribution in [2.45, 2.75) is 30.8 Å². The Morgan fingerprint density at radius 1 is 1.40 bits per heavy atom. The number of carboxylic acid groups (broad SMARTS) is 1. The van der Waals surface area contributed by atoms with Crippen molar-refractivity contribution in [2.24, 2.45) is 0 Å². The van der Waals surface area contributed by atoms with Gasteiger partial charge in [0.05, 0.1) is 28.0 Å². The molecule has 1 N–H and O–H groups in total. The third-order valence-electron chi connectivity index (χ3n) is 3.45. The fraction of sp³-hybridized carbons (Fsp3) is 0.250. The number of carboxylic acids is 1. The van der Waals surface area contributed by atoms with Gasteiger partial charge < -0.3 is 5.11 Å². The van der Waals surface area contributed by atoms with Crippen molar-refractivity contribution in [1.82, 2.24) is 14.5 Å². The van der Waals surface area contributed by atoms with Crippen molar-refractivity contribution in [2.75, 3.05) is 0 Å². The van der Waals surface area contributed by atoms with E-state index in [1.54, 1.807) is 29.5 Å². The number of halogens is 1. The lowest BCUT2D eigenvalue weighted by molar-refractivity contribution is -0.137. The maximum absolute atomic E-state index is 12.7. The highest BCUT2D eigenvalue weighted by atomic mass is 35.5. The van der Waals surface area contributed by atoms with Gasteiger partial charge in [0, 0.05) is 22.7 Å². The van der Waals surface area contributed by atoms with Crippen LogP contribution in [-0.2, 0) is 17.1 Å². The predicted molar refractivity (Wildman–Crippen MR) is 99.7 cm³/mol. The maximum Gasteiger partial charge on any atom is 0.305 e. The number of hydrogen-bond donors (Lipinski definition) is 1. The summed E-state index contributed by atoms with van der Waals surface area (Å²) in [6.45, 7) is 2.00. The highest BCUT2D eigenvalue weighted by molar-refractivity contribution is 7.98. The zero-order chi connectivity index (χ0) is 18.0. The third-order valence-corrected chi connectivity index (χ3v) is 5.51. The third kappa shape index (κ3) is 4.20. The molecule has 0 saturated heterocycles. The lowest BCUT2D eigenvalue weighted by Crippen LogP contribution is -2.24. The van der Waals surface area contributed by atoms with Crippen LogP contribution in [0, 0.1) is 6.92 Å². The molecule has 0 aliphatic rings. The topological polar surface area (TPSA) is 85.1 Å². The van der Waals surface area contributed by atoms with Crippen molar-refractivity contribution in [3.8, 4) is 0 Å². The van der Waals surface area contributed by atoms with Crippen LogP contribution in [0.25, 0.3) is 10.9 Å². The Morgan fingerprint density at radius 2 is 2.20 bits per heavy atom. The van der Waals surface area contributed by atoms with Gasteiger partial charge in [-0.25, -0.2) is 9.97 Å². The predicted octanol–water partition coefficient (Wildman–Crippen LogP) is 3.58. The Kier molecular flexibility index (Phi) is 5.41. The molecule has 130 valence electrons. The first-order valence-electron chi connectivity index (χ1n) is 7.40. The molecule has 0 unspecified atom stereocenters. The van der Waals surface area contributed by atoms with E-state index >= 15 is 0 Å². The number of fused-ring (bicyclic) bond motifs is 1. The maximum atomic E-state index is 12.7. The molecule has 6 nitrogen and oxygen atoms in total. The number of thioether (sulfide) groups is 1. The van der Waals surface area contributed by atoms with Crippen LogP contribution >= 0.6 is 34.7 Å². The van der Waals surface area contributed by atoms with Gasteiger partial charge in [-0.1, -0.05) is 23.4 Å². The summed E-state index contributed by atoms with van der Waals surface area (Å²) in [6, 6.07) is 4.87. The van der Waals surface area contributed by atoms with E-state index in [1.165, 1.54) is 16.3 Å². The molecule has 0 radical (unpaired) electrons. The Balaban J connectivity index is 2.01. The molecule has 0 bridgehead atoms. The number of hydrogen-bond acceptors (Lipinski definition) is 6. The molecular weight excluding hydrogens is 382 g/mol. The molecular formula is C16H14ClN3O3S2. The summed E-state index contributed by atoms with van der Waals surface area (Å²) in [5.74, 6) is -0.412. The first-order valence-corrected chi connectivity index (χ1v) is 9.64. The van der Waals surface area contributed by atoms with Crippen LogP contribution in [0.4, 0.5) is 0 Å². The molecule has 3 rings (SSSR count). The molecule has 0 spiro atoms. The molecule has 3 aromatic rings. The van der Waals surface area contributed by atoms with E-state index in [0.29, 0.717) is 26.8 Å². The van der Waals surface area contributed by atoms with Gasteiger partial charge in [-0.2, -0.15) is 0 Å². The molecule has 0 fully saturated rings. The largest absolute Gasteiger partial charge is 0.481 e. The van der Waals surface area contributed by atoms with E-state index in [4.69, 9.17) is 16.7 Å². The zero-order valence-electron chi connectivity index (χ0n) is 13.2. The van der Waals surface area contributed by atoms with Crippen molar-refractivity contribution in [1.29, 1.82) is 0 Å². The number of thiazole rings is 1. The van der Waals surface area contributed by atoms with Crippen LogP contribution in [0.3, 0.4) is 0 Å². The number of nitrogens with zero attached hydrogens (tertiary/aromatic N) is 3. The second kappa shape index (κ2) is 7.55. The summed E-state index contributed by atoms with van der Waals surface area (Å²) in [7, 11) is 0. The second-order valence-corrected chi connectivity index (χ2v) is 7.74. The van der Waals surface area contributed by atoms with Gasteiger partial charge in [-0.3, -0.25) is 14.2 Å². The minimum atomic E-state index is -0.964. The van der Waals surface area contributed by atoms with E-state index in [2.05, 4.69) is 9.97 Å². The van der Waals surface area contributed by atoms with Crippen LogP contribution in [0.2, 0.25) is 5.02 Å². The number of aromatic nitrogens is 3. The number of aliphatic carboxylic acids is 1. The molecule has 2 aromatic heterocycles. The monoisotopic (exact) mass is 395 g/mol. The molecule has 2 heterocycles. The van der Waals surface area contributed by atoms with E-state index in [1.807, 2.05) is 12.3 Å². The lowest BCUT2D eigenvalue weighted by Gasteiger charge is -2.12.